The third-order valence-electron chi connectivity index (χ3n) is 7.63. The van der Waals surface area contributed by atoms with Gasteiger partial charge in [-0.3, -0.25) is 24.7 Å². The zero-order valence-electron chi connectivity index (χ0n) is 23.2. The van der Waals surface area contributed by atoms with Gasteiger partial charge in [-0.25, -0.2) is 15.0 Å². The Balaban J connectivity index is 1.28. The summed E-state index contributed by atoms with van der Waals surface area (Å²) in [5.74, 6) is -0.712. The first-order valence-electron chi connectivity index (χ1n) is 13.7. The Morgan fingerprint density at radius 1 is 1.14 bits per heavy atom. The van der Waals surface area contributed by atoms with Gasteiger partial charge in [0.25, 0.3) is 5.91 Å². The van der Waals surface area contributed by atoms with Gasteiger partial charge < -0.3 is 10.0 Å². The number of thiophene rings is 1. The number of anilines is 2. The fourth-order valence-electron chi connectivity index (χ4n) is 5.30. The Kier molecular flexibility index (Phi) is 9.11. The highest BCUT2D eigenvalue weighted by molar-refractivity contribution is 7.17. The number of nitrogens with zero attached hydrogens (tertiary/aromatic N) is 6. The summed E-state index contributed by atoms with van der Waals surface area (Å²) >= 11 is 2.24. The highest BCUT2D eigenvalue weighted by atomic mass is 32.1. The number of carboxylic acid groups (broad SMARTS) is 1. The molecule has 0 radical (unpaired) electrons. The van der Waals surface area contributed by atoms with Crippen molar-refractivity contribution in [3.05, 3.63) is 40.0 Å². The van der Waals surface area contributed by atoms with Crippen LogP contribution in [0.2, 0.25) is 0 Å². The maximum Gasteiger partial charge on any atom is 0.417 e. The summed E-state index contributed by atoms with van der Waals surface area (Å²) in [5.41, 5.74) is -0.172. The van der Waals surface area contributed by atoms with Gasteiger partial charge in [-0.15, -0.1) is 11.3 Å². The van der Waals surface area contributed by atoms with Crippen LogP contribution in [0.5, 0.6) is 0 Å². The molecule has 0 spiro atoms. The van der Waals surface area contributed by atoms with E-state index in [0.29, 0.717) is 55.2 Å². The Morgan fingerprint density at radius 3 is 2.57 bits per heavy atom. The van der Waals surface area contributed by atoms with Crippen molar-refractivity contribution < 1.29 is 27.9 Å². The number of hydrogen-bond acceptors (Lipinski definition) is 10. The summed E-state index contributed by atoms with van der Waals surface area (Å²) in [5, 5.41) is 13.1. The van der Waals surface area contributed by atoms with Crippen molar-refractivity contribution in [3.8, 4) is 10.6 Å². The molecule has 2 N–H and O–H groups in total. The van der Waals surface area contributed by atoms with Gasteiger partial charge in [-0.05, 0) is 39.3 Å². The molecule has 3 aromatic rings. The molecule has 5 heterocycles. The maximum absolute atomic E-state index is 13.3. The van der Waals surface area contributed by atoms with E-state index in [2.05, 4.69) is 41.9 Å². The predicted octanol–water partition coefficient (Wildman–Crippen LogP) is 4.90. The number of alkyl halides is 3. The molecule has 0 bridgehead atoms. The first kappa shape index (κ1) is 30.3. The average Bonchev–Trinajstić information content (AvgIpc) is 3.68. The minimum atomic E-state index is -4.44. The lowest BCUT2D eigenvalue weighted by atomic mass is 10.2. The number of carboxylic acids is 1. The van der Waals surface area contributed by atoms with Gasteiger partial charge in [0.2, 0.25) is 0 Å². The van der Waals surface area contributed by atoms with Crippen LogP contribution in [0, 0.1) is 0 Å². The average molecular weight is 624 g/mol. The molecule has 10 nitrogen and oxygen atoms in total. The van der Waals surface area contributed by atoms with Crippen molar-refractivity contribution in [1.29, 1.82) is 0 Å². The Bertz CT molecular complexity index is 1410. The van der Waals surface area contributed by atoms with E-state index in [9.17, 15) is 22.8 Å². The maximum atomic E-state index is 13.3. The number of nitrogens with one attached hydrogen (secondary N) is 1. The number of thiazole rings is 1. The number of carbonyl (C=O) groups is 2. The van der Waals surface area contributed by atoms with Gasteiger partial charge in [0.05, 0.1) is 34.9 Å². The van der Waals surface area contributed by atoms with Gasteiger partial charge in [0, 0.05) is 55.1 Å². The number of amides is 1. The number of likely N-dealkylation sites (tertiary alicyclic amines) is 1. The highest BCUT2D eigenvalue weighted by Crippen LogP contribution is 2.40. The van der Waals surface area contributed by atoms with E-state index >= 15 is 0 Å². The van der Waals surface area contributed by atoms with Crippen molar-refractivity contribution in [2.45, 2.75) is 57.9 Å². The van der Waals surface area contributed by atoms with Crippen molar-refractivity contribution in [2.24, 2.45) is 0 Å². The molecular weight excluding hydrogens is 591 g/mol. The van der Waals surface area contributed by atoms with E-state index in [0.717, 1.165) is 47.0 Å². The van der Waals surface area contributed by atoms with Crippen LogP contribution < -0.4 is 10.2 Å². The molecule has 5 rings (SSSR count). The minimum Gasteiger partial charge on any atom is -0.481 e. The fraction of sp³-hybridized carbons (Fsp3) is 0.519. The zero-order chi connectivity index (χ0) is 30.0. The number of aromatic nitrogens is 3. The molecule has 2 fully saturated rings. The number of piperazine rings is 1. The lowest BCUT2D eigenvalue weighted by Gasteiger charge is -2.40. The molecule has 2 aliphatic rings. The summed E-state index contributed by atoms with van der Waals surface area (Å²) < 4.78 is 39.9. The van der Waals surface area contributed by atoms with Crippen molar-refractivity contribution in [2.75, 3.05) is 42.9 Å². The second-order valence-electron chi connectivity index (χ2n) is 10.7. The van der Waals surface area contributed by atoms with Crippen LogP contribution in [0.3, 0.4) is 0 Å². The summed E-state index contributed by atoms with van der Waals surface area (Å²) in [6.45, 7) is 8.13. The lowest BCUT2D eigenvalue weighted by Crippen LogP contribution is -2.52. The SMILES string of the molecule is CC1CCCN1Cc1sc(NC(=O)c2cnc(N3CCN(CCC(=O)O)CC3C)cn2)nc1-c1cc(C(F)(F)F)cs1. The second kappa shape index (κ2) is 12.6. The first-order valence-corrected chi connectivity index (χ1v) is 15.4. The standard InChI is InChI=1S/C27H32F3N7O3S2/c1-16-4-3-6-36(16)14-21-24(20-10-18(15-41-20)27(28,29)30)33-26(42-21)34-25(40)19-11-32-22(12-31-19)37-9-8-35(13-17(37)2)7-5-23(38)39/h10-12,15-17H,3-9,13-14H2,1-2H3,(H,38,39)(H,33,34,40). The van der Waals surface area contributed by atoms with Gasteiger partial charge in [-0.2, -0.15) is 13.2 Å². The van der Waals surface area contributed by atoms with Crippen molar-refractivity contribution in [1.82, 2.24) is 24.8 Å². The number of carbonyl (C=O) groups excluding carboxylic acids is 1. The summed E-state index contributed by atoms with van der Waals surface area (Å²) in [6.07, 6.45) is 0.701. The molecular formula is C27H32F3N7O3S2. The fourth-order valence-corrected chi connectivity index (χ4v) is 7.30. The second-order valence-corrected chi connectivity index (χ2v) is 12.6. The summed E-state index contributed by atoms with van der Waals surface area (Å²) in [7, 11) is 0. The number of halogens is 3. The topological polar surface area (TPSA) is 115 Å². The molecule has 0 saturated carbocycles. The van der Waals surface area contributed by atoms with Crippen molar-refractivity contribution in [3.63, 3.8) is 0 Å². The van der Waals surface area contributed by atoms with E-state index in [4.69, 9.17) is 5.11 Å². The highest BCUT2D eigenvalue weighted by Gasteiger charge is 2.33. The van der Waals surface area contributed by atoms with Crippen LogP contribution in [0.15, 0.2) is 23.8 Å². The third kappa shape index (κ3) is 7.07. The van der Waals surface area contributed by atoms with E-state index < -0.39 is 23.6 Å². The predicted molar refractivity (Wildman–Crippen MR) is 155 cm³/mol. The molecule has 226 valence electrons. The van der Waals surface area contributed by atoms with Crippen molar-refractivity contribution >= 4 is 45.5 Å². The minimum absolute atomic E-state index is 0.0853. The normalized spacial score (nSPS) is 20.3. The lowest BCUT2D eigenvalue weighted by molar-refractivity contribution is -0.138. The molecule has 2 saturated heterocycles. The van der Waals surface area contributed by atoms with Crippen LogP contribution in [0.4, 0.5) is 24.1 Å². The van der Waals surface area contributed by atoms with E-state index in [1.54, 1.807) is 0 Å². The van der Waals surface area contributed by atoms with E-state index in [-0.39, 0.29) is 23.3 Å². The molecule has 0 aliphatic carbocycles. The van der Waals surface area contributed by atoms with Crippen LogP contribution in [0.1, 0.15) is 54.0 Å². The molecule has 0 aromatic carbocycles. The molecule has 2 atom stereocenters. The smallest absolute Gasteiger partial charge is 0.417 e. The van der Waals surface area contributed by atoms with Gasteiger partial charge in [0.15, 0.2) is 5.13 Å². The number of hydrogen-bond donors (Lipinski definition) is 2. The van der Waals surface area contributed by atoms with Crippen LogP contribution in [0.25, 0.3) is 10.6 Å². The van der Waals surface area contributed by atoms with Crippen LogP contribution in [-0.2, 0) is 17.5 Å². The van der Waals surface area contributed by atoms with Gasteiger partial charge in [0.1, 0.15) is 11.5 Å². The Labute approximate surface area is 249 Å². The molecule has 2 unspecified atom stereocenters. The molecule has 3 aromatic heterocycles. The molecule has 1 amide bonds. The first-order chi connectivity index (χ1) is 20.0. The number of aliphatic carboxylic acids is 1. The molecule has 42 heavy (non-hydrogen) atoms. The largest absolute Gasteiger partial charge is 0.481 e. The van der Waals surface area contributed by atoms with E-state index in [1.807, 2.05) is 6.92 Å². The summed E-state index contributed by atoms with van der Waals surface area (Å²) in [6, 6.07) is 1.55. The van der Waals surface area contributed by atoms with Crippen LogP contribution in [-0.4, -0.2) is 86.5 Å². The molecule has 15 heteroatoms. The third-order valence-corrected chi connectivity index (χ3v) is 9.53. The van der Waals surface area contributed by atoms with Gasteiger partial charge in [-0.1, -0.05) is 11.3 Å². The monoisotopic (exact) mass is 623 g/mol. The van der Waals surface area contributed by atoms with E-state index in [1.165, 1.54) is 23.7 Å². The Hall–Kier alpha value is -3.14. The number of rotatable bonds is 9. The van der Waals surface area contributed by atoms with Gasteiger partial charge >= 0.3 is 12.1 Å². The molecule has 2 aliphatic heterocycles. The Morgan fingerprint density at radius 2 is 1.95 bits per heavy atom. The van der Waals surface area contributed by atoms with Crippen LogP contribution >= 0.6 is 22.7 Å². The zero-order valence-corrected chi connectivity index (χ0v) is 24.9. The summed E-state index contributed by atoms with van der Waals surface area (Å²) in [4.78, 5) is 44.9. The quantitative estimate of drug-likeness (QED) is 0.344.